The highest BCUT2D eigenvalue weighted by Crippen LogP contribution is 2.42. The Bertz CT molecular complexity index is 1550. The summed E-state index contributed by atoms with van der Waals surface area (Å²) in [6.45, 7) is 0. The van der Waals surface area contributed by atoms with E-state index >= 15 is 0 Å². The summed E-state index contributed by atoms with van der Waals surface area (Å²) in [5.74, 6) is 0. The summed E-state index contributed by atoms with van der Waals surface area (Å²) in [4.78, 5) is 0. The fourth-order valence-electron chi connectivity index (χ4n) is 5.70. The largest absolute Gasteiger partial charge is 0.0836 e. The SMILES string of the molecule is C1=Cc2c(c3c4c(ccc5c6cc7ccccc7cc6cc2c45)=CCC3)CC1. The lowest BCUT2D eigenvalue weighted by Gasteiger charge is -2.24. The maximum absolute atomic E-state index is 2.46. The third kappa shape index (κ3) is 1.81. The number of benzene rings is 5. The van der Waals surface area contributed by atoms with Gasteiger partial charge in [-0.15, -0.1) is 0 Å². The van der Waals surface area contributed by atoms with E-state index in [1.54, 1.807) is 11.1 Å². The standard InChI is InChI=1S/C28H20/c1-2-7-19-15-25-20(14-18(19)6-1)16-26-22-10-4-3-9-21(22)23-11-5-8-17-12-13-24(25)28(26)27(17)23/h1-2,4,6-8,10,12-16H,3,5,9,11H2. The molecule has 0 saturated heterocycles. The Morgan fingerprint density at radius 1 is 0.607 bits per heavy atom. The van der Waals surface area contributed by atoms with Crippen molar-refractivity contribution in [1.29, 1.82) is 0 Å². The molecular formula is C28H20. The maximum Gasteiger partial charge on any atom is -0.00175 e. The number of hydrogen-bond acceptors (Lipinski definition) is 0. The van der Waals surface area contributed by atoms with Gasteiger partial charge in [0.15, 0.2) is 0 Å². The highest BCUT2D eigenvalue weighted by Gasteiger charge is 2.21. The van der Waals surface area contributed by atoms with Crippen molar-refractivity contribution >= 4 is 55.2 Å². The zero-order valence-corrected chi connectivity index (χ0v) is 15.8. The molecule has 0 aromatic heterocycles. The quantitative estimate of drug-likeness (QED) is 0.214. The second-order valence-electron chi connectivity index (χ2n) is 8.35. The zero-order valence-electron chi connectivity index (χ0n) is 15.8. The molecule has 2 aliphatic carbocycles. The highest BCUT2D eigenvalue weighted by atomic mass is 14.2. The van der Waals surface area contributed by atoms with E-state index in [9.17, 15) is 0 Å². The predicted octanol–water partition coefficient (Wildman–Crippen LogP) is 6.70. The van der Waals surface area contributed by atoms with Crippen molar-refractivity contribution in [2.75, 3.05) is 0 Å². The third-order valence-corrected chi connectivity index (χ3v) is 6.90. The summed E-state index contributed by atoms with van der Waals surface area (Å²) in [7, 11) is 0. The summed E-state index contributed by atoms with van der Waals surface area (Å²) in [6.07, 6.45) is 11.9. The Hall–Kier alpha value is -3.12. The Morgan fingerprint density at radius 2 is 1.43 bits per heavy atom. The van der Waals surface area contributed by atoms with Crippen LogP contribution in [0.25, 0.3) is 55.2 Å². The summed E-state index contributed by atoms with van der Waals surface area (Å²) < 4.78 is 0. The van der Waals surface area contributed by atoms with E-state index in [2.05, 4.69) is 72.8 Å². The molecule has 0 radical (unpaired) electrons. The summed E-state index contributed by atoms with van der Waals surface area (Å²) in [6, 6.07) is 20.7. The van der Waals surface area contributed by atoms with Crippen LogP contribution >= 0.6 is 0 Å². The van der Waals surface area contributed by atoms with Gasteiger partial charge in [-0.1, -0.05) is 54.6 Å². The molecule has 0 fully saturated rings. The molecule has 0 saturated carbocycles. The number of rotatable bonds is 0. The molecule has 2 aliphatic rings. The second-order valence-corrected chi connectivity index (χ2v) is 8.35. The molecule has 0 amide bonds. The van der Waals surface area contributed by atoms with Crippen LogP contribution in [0.1, 0.15) is 29.5 Å². The van der Waals surface area contributed by atoms with Gasteiger partial charge in [-0.2, -0.15) is 0 Å². The number of hydrogen-bond donors (Lipinski definition) is 0. The molecular weight excluding hydrogens is 336 g/mol. The molecule has 0 N–H and O–H groups in total. The fraction of sp³-hybridized carbons (Fsp3) is 0.143. The smallest absolute Gasteiger partial charge is 0.00175 e. The van der Waals surface area contributed by atoms with Crippen LogP contribution in [-0.2, 0) is 12.8 Å². The van der Waals surface area contributed by atoms with Crippen LogP contribution in [0.4, 0.5) is 0 Å². The van der Waals surface area contributed by atoms with Crippen molar-refractivity contribution in [3.63, 3.8) is 0 Å². The lowest BCUT2D eigenvalue weighted by Crippen LogP contribution is -2.14. The Labute approximate surface area is 163 Å². The molecule has 0 atom stereocenters. The van der Waals surface area contributed by atoms with Crippen LogP contribution < -0.4 is 5.22 Å². The van der Waals surface area contributed by atoms with Crippen molar-refractivity contribution in [2.24, 2.45) is 0 Å². The van der Waals surface area contributed by atoms with Crippen molar-refractivity contribution in [2.45, 2.75) is 25.7 Å². The van der Waals surface area contributed by atoms with Gasteiger partial charge in [0.05, 0.1) is 0 Å². The van der Waals surface area contributed by atoms with Crippen LogP contribution in [0.2, 0.25) is 0 Å². The summed E-state index contributed by atoms with van der Waals surface area (Å²) in [5, 5.41) is 12.7. The molecule has 5 aromatic rings. The fourth-order valence-corrected chi connectivity index (χ4v) is 5.70. The van der Waals surface area contributed by atoms with Crippen molar-refractivity contribution < 1.29 is 0 Å². The lowest BCUT2D eigenvalue weighted by atomic mass is 9.79. The number of aryl methyl sites for hydroxylation is 1. The van der Waals surface area contributed by atoms with E-state index in [1.165, 1.54) is 79.6 Å². The van der Waals surface area contributed by atoms with E-state index in [4.69, 9.17) is 0 Å². The van der Waals surface area contributed by atoms with Gasteiger partial charge in [0, 0.05) is 0 Å². The molecule has 0 unspecified atom stereocenters. The minimum absolute atomic E-state index is 1.17. The van der Waals surface area contributed by atoms with E-state index in [0.717, 1.165) is 0 Å². The number of allylic oxidation sites excluding steroid dienone is 1. The van der Waals surface area contributed by atoms with Crippen LogP contribution in [0, 0.1) is 0 Å². The topological polar surface area (TPSA) is 0 Å². The average Bonchev–Trinajstić information content (AvgIpc) is 2.76. The molecule has 0 aliphatic heterocycles. The highest BCUT2D eigenvalue weighted by molar-refractivity contribution is 6.25. The van der Waals surface area contributed by atoms with Gasteiger partial charge in [-0.25, -0.2) is 0 Å². The van der Waals surface area contributed by atoms with E-state index in [1.807, 2.05) is 0 Å². The first-order valence-corrected chi connectivity index (χ1v) is 10.4. The third-order valence-electron chi connectivity index (χ3n) is 6.90. The molecule has 0 bridgehead atoms. The molecule has 0 heteroatoms. The first-order valence-electron chi connectivity index (χ1n) is 10.4. The Kier molecular flexibility index (Phi) is 2.78. The molecule has 132 valence electrons. The van der Waals surface area contributed by atoms with Gasteiger partial charge in [0.2, 0.25) is 0 Å². The molecule has 0 heterocycles. The zero-order chi connectivity index (χ0) is 18.2. The normalized spacial score (nSPS) is 15.4. The lowest BCUT2D eigenvalue weighted by molar-refractivity contribution is 0.932. The van der Waals surface area contributed by atoms with Crippen molar-refractivity contribution in [3.05, 3.63) is 82.6 Å². The van der Waals surface area contributed by atoms with E-state index in [0.29, 0.717) is 0 Å². The van der Waals surface area contributed by atoms with E-state index in [-0.39, 0.29) is 0 Å². The first kappa shape index (κ1) is 14.9. The summed E-state index contributed by atoms with van der Waals surface area (Å²) >= 11 is 0. The summed E-state index contributed by atoms with van der Waals surface area (Å²) in [5.41, 5.74) is 4.71. The van der Waals surface area contributed by atoms with Gasteiger partial charge in [-0.3, -0.25) is 0 Å². The monoisotopic (exact) mass is 356 g/mol. The van der Waals surface area contributed by atoms with Crippen molar-refractivity contribution in [3.8, 4) is 0 Å². The van der Waals surface area contributed by atoms with Gasteiger partial charge < -0.3 is 0 Å². The van der Waals surface area contributed by atoms with Gasteiger partial charge in [0.25, 0.3) is 0 Å². The minimum Gasteiger partial charge on any atom is -0.0836 e. The second kappa shape index (κ2) is 5.23. The van der Waals surface area contributed by atoms with Crippen molar-refractivity contribution in [1.82, 2.24) is 0 Å². The molecule has 0 nitrogen and oxygen atoms in total. The van der Waals surface area contributed by atoms with Gasteiger partial charge in [0.1, 0.15) is 0 Å². The van der Waals surface area contributed by atoms with Gasteiger partial charge in [-0.05, 0) is 109 Å². The molecule has 5 aromatic carbocycles. The molecule has 7 rings (SSSR count). The molecule has 28 heavy (non-hydrogen) atoms. The minimum atomic E-state index is 1.17. The van der Waals surface area contributed by atoms with Crippen LogP contribution in [0.15, 0.2) is 60.7 Å². The van der Waals surface area contributed by atoms with E-state index < -0.39 is 0 Å². The molecule has 0 spiro atoms. The average molecular weight is 356 g/mol. The Balaban J connectivity index is 1.81. The van der Waals surface area contributed by atoms with Crippen LogP contribution in [0.3, 0.4) is 0 Å². The maximum atomic E-state index is 2.46. The Morgan fingerprint density at radius 3 is 2.36 bits per heavy atom. The van der Waals surface area contributed by atoms with Crippen LogP contribution in [0.5, 0.6) is 0 Å². The first-order chi connectivity index (χ1) is 13.9. The predicted molar refractivity (Wildman–Crippen MR) is 122 cm³/mol. The number of fused-ring (bicyclic) bond motifs is 6. The van der Waals surface area contributed by atoms with Crippen LogP contribution in [-0.4, -0.2) is 0 Å². The van der Waals surface area contributed by atoms with Gasteiger partial charge >= 0.3 is 0 Å².